The van der Waals surface area contributed by atoms with Crippen LogP contribution in [0.15, 0.2) is 6.20 Å². The molecular formula is C10H15N3O4. The zero-order valence-electron chi connectivity index (χ0n) is 9.77. The molecule has 0 bridgehead atoms. The number of carboxylic acid groups (broad SMARTS) is 1. The number of amides is 1. The molecule has 0 spiro atoms. The van der Waals surface area contributed by atoms with E-state index in [4.69, 9.17) is 9.84 Å². The second-order valence-electron chi connectivity index (χ2n) is 3.48. The van der Waals surface area contributed by atoms with Crippen LogP contribution in [-0.2, 0) is 7.05 Å². The molecule has 0 radical (unpaired) electrons. The average molecular weight is 241 g/mol. The molecule has 0 aromatic carbocycles. The van der Waals surface area contributed by atoms with Gasteiger partial charge >= 0.3 is 6.09 Å². The lowest BCUT2D eigenvalue weighted by molar-refractivity contribution is 0.0976. The van der Waals surface area contributed by atoms with Crippen LogP contribution < -0.4 is 10.1 Å². The first-order valence-electron chi connectivity index (χ1n) is 5.12. The van der Waals surface area contributed by atoms with Gasteiger partial charge in [-0.1, -0.05) is 0 Å². The lowest BCUT2D eigenvalue weighted by Crippen LogP contribution is -2.22. The van der Waals surface area contributed by atoms with E-state index in [0.29, 0.717) is 17.9 Å². The largest absolute Gasteiger partial charge is 0.479 e. The normalized spacial score (nSPS) is 10.0. The number of ether oxygens (including phenoxy) is 1. The summed E-state index contributed by atoms with van der Waals surface area (Å²) in [4.78, 5) is 22.0. The highest BCUT2D eigenvalue weighted by atomic mass is 16.5. The molecule has 1 aromatic rings. The zero-order valence-corrected chi connectivity index (χ0v) is 9.77. The van der Waals surface area contributed by atoms with Crippen molar-refractivity contribution in [2.24, 2.45) is 7.05 Å². The van der Waals surface area contributed by atoms with E-state index in [-0.39, 0.29) is 18.7 Å². The molecule has 0 saturated carbocycles. The second-order valence-corrected chi connectivity index (χ2v) is 3.48. The molecule has 0 unspecified atom stereocenters. The van der Waals surface area contributed by atoms with Crippen molar-refractivity contribution < 1.29 is 19.4 Å². The molecule has 0 saturated heterocycles. The van der Waals surface area contributed by atoms with Gasteiger partial charge < -0.3 is 15.2 Å². The van der Waals surface area contributed by atoms with Crippen LogP contribution >= 0.6 is 0 Å². The SMILES string of the molecule is COc1nn(C)cc1C(=O)CCCNC(=O)O. The summed E-state index contributed by atoms with van der Waals surface area (Å²) >= 11 is 0. The Labute approximate surface area is 98.4 Å². The lowest BCUT2D eigenvalue weighted by Gasteiger charge is -2.01. The quantitative estimate of drug-likeness (QED) is 0.563. The highest BCUT2D eigenvalue weighted by molar-refractivity contribution is 5.97. The Hall–Kier alpha value is -2.05. The lowest BCUT2D eigenvalue weighted by atomic mass is 10.1. The number of carbonyl (C=O) groups is 2. The van der Waals surface area contributed by atoms with Crippen molar-refractivity contribution in [3.8, 4) is 5.88 Å². The number of rotatable bonds is 6. The third-order valence-electron chi connectivity index (χ3n) is 2.15. The minimum atomic E-state index is -1.09. The van der Waals surface area contributed by atoms with E-state index in [2.05, 4.69) is 10.4 Å². The first-order valence-corrected chi connectivity index (χ1v) is 5.12. The molecule has 7 heteroatoms. The van der Waals surface area contributed by atoms with Crippen LogP contribution in [0.1, 0.15) is 23.2 Å². The predicted molar refractivity (Wildman–Crippen MR) is 59.4 cm³/mol. The third kappa shape index (κ3) is 3.78. The van der Waals surface area contributed by atoms with E-state index < -0.39 is 6.09 Å². The molecule has 1 amide bonds. The van der Waals surface area contributed by atoms with Gasteiger partial charge in [-0.25, -0.2) is 4.79 Å². The van der Waals surface area contributed by atoms with E-state index in [1.165, 1.54) is 11.8 Å². The second kappa shape index (κ2) is 5.88. The van der Waals surface area contributed by atoms with Crippen LogP contribution in [0.4, 0.5) is 4.79 Å². The summed E-state index contributed by atoms with van der Waals surface area (Å²) in [6.07, 6.45) is 1.20. The molecule has 7 nitrogen and oxygen atoms in total. The Morgan fingerprint density at radius 2 is 2.29 bits per heavy atom. The highest BCUT2D eigenvalue weighted by Crippen LogP contribution is 2.17. The van der Waals surface area contributed by atoms with Gasteiger partial charge in [0.2, 0.25) is 5.88 Å². The Morgan fingerprint density at radius 1 is 1.59 bits per heavy atom. The summed E-state index contributed by atoms with van der Waals surface area (Å²) in [6.45, 7) is 0.254. The van der Waals surface area contributed by atoms with Gasteiger partial charge in [0.05, 0.1) is 12.7 Å². The topological polar surface area (TPSA) is 93.5 Å². The van der Waals surface area contributed by atoms with Gasteiger partial charge in [-0.2, -0.15) is 0 Å². The molecule has 1 heterocycles. The van der Waals surface area contributed by atoms with Gasteiger partial charge in [0, 0.05) is 26.2 Å². The Bertz CT molecular complexity index is 414. The van der Waals surface area contributed by atoms with Gasteiger partial charge in [0.25, 0.3) is 0 Å². The van der Waals surface area contributed by atoms with Crippen molar-refractivity contribution in [1.29, 1.82) is 0 Å². The molecule has 17 heavy (non-hydrogen) atoms. The van der Waals surface area contributed by atoms with Crippen molar-refractivity contribution in [3.05, 3.63) is 11.8 Å². The standard InChI is InChI=1S/C10H15N3O4/c1-13-6-7(9(12-13)17-2)8(14)4-3-5-11-10(15)16/h6,11H,3-5H2,1-2H3,(H,15,16). The van der Waals surface area contributed by atoms with Crippen molar-refractivity contribution in [2.45, 2.75) is 12.8 Å². The minimum Gasteiger partial charge on any atom is -0.479 e. The monoisotopic (exact) mass is 241 g/mol. The number of nitrogens with zero attached hydrogens (tertiary/aromatic N) is 2. The molecule has 0 aliphatic carbocycles. The van der Waals surface area contributed by atoms with Crippen LogP contribution in [0.5, 0.6) is 5.88 Å². The maximum absolute atomic E-state index is 11.8. The van der Waals surface area contributed by atoms with E-state index in [9.17, 15) is 9.59 Å². The van der Waals surface area contributed by atoms with Crippen LogP contribution in [0.2, 0.25) is 0 Å². The number of nitrogens with one attached hydrogen (secondary N) is 1. The van der Waals surface area contributed by atoms with E-state index in [0.717, 1.165) is 0 Å². The number of ketones is 1. The first kappa shape index (κ1) is 13.0. The number of aryl methyl sites for hydroxylation is 1. The molecule has 0 aliphatic rings. The van der Waals surface area contributed by atoms with Crippen molar-refractivity contribution in [3.63, 3.8) is 0 Å². The van der Waals surface area contributed by atoms with Crippen LogP contribution in [0.3, 0.4) is 0 Å². The van der Waals surface area contributed by atoms with Gasteiger partial charge in [-0.05, 0) is 6.42 Å². The molecule has 1 rings (SSSR count). The predicted octanol–water partition coefficient (Wildman–Crippen LogP) is 0.659. The maximum atomic E-state index is 11.8. The van der Waals surface area contributed by atoms with Crippen molar-refractivity contribution in [2.75, 3.05) is 13.7 Å². The Morgan fingerprint density at radius 3 is 2.88 bits per heavy atom. The van der Waals surface area contributed by atoms with E-state index >= 15 is 0 Å². The summed E-state index contributed by atoms with van der Waals surface area (Å²) in [5.41, 5.74) is 0.422. The maximum Gasteiger partial charge on any atom is 0.404 e. The Kier molecular flexibility index (Phi) is 4.50. The smallest absolute Gasteiger partial charge is 0.404 e. The summed E-state index contributed by atoms with van der Waals surface area (Å²) in [5, 5.41) is 14.5. The molecule has 2 N–H and O–H groups in total. The fourth-order valence-electron chi connectivity index (χ4n) is 1.39. The van der Waals surface area contributed by atoms with Crippen LogP contribution in [-0.4, -0.2) is 40.4 Å². The van der Waals surface area contributed by atoms with Crippen LogP contribution in [0.25, 0.3) is 0 Å². The Balaban J connectivity index is 2.49. The van der Waals surface area contributed by atoms with Gasteiger partial charge in [0.15, 0.2) is 5.78 Å². The van der Waals surface area contributed by atoms with Gasteiger partial charge in [-0.15, -0.1) is 5.10 Å². The van der Waals surface area contributed by atoms with Gasteiger partial charge in [0.1, 0.15) is 0 Å². The number of aromatic nitrogens is 2. The van der Waals surface area contributed by atoms with Crippen molar-refractivity contribution >= 4 is 11.9 Å². The minimum absolute atomic E-state index is 0.109. The molecule has 94 valence electrons. The number of Topliss-reactive ketones (excluding diaryl/α,β-unsaturated/α-hetero) is 1. The number of hydrogen-bond donors (Lipinski definition) is 2. The van der Waals surface area contributed by atoms with Crippen molar-refractivity contribution in [1.82, 2.24) is 15.1 Å². The number of hydrogen-bond acceptors (Lipinski definition) is 4. The first-order chi connectivity index (χ1) is 8.04. The highest BCUT2D eigenvalue weighted by Gasteiger charge is 2.15. The third-order valence-corrected chi connectivity index (χ3v) is 2.15. The fraction of sp³-hybridized carbons (Fsp3) is 0.500. The molecule has 0 fully saturated rings. The summed E-state index contributed by atoms with van der Waals surface area (Å²) in [5.74, 6) is 0.186. The summed E-state index contributed by atoms with van der Waals surface area (Å²) in [7, 11) is 3.15. The number of carbonyl (C=O) groups excluding carboxylic acids is 1. The summed E-state index contributed by atoms with van der Waals surface area (Å²) in [6, 6.07) is 0. The molecule has 0 atom stereocenters. The number of methoxy groups -OCH3 is 1. The average Bonchev–Trinajstić information content (AvgIpc) is 2.65. The molecule has 0 aliphatic heterocycles. The zero-order chi connectivity index (χ0) is 12.8. The molecular weight excluding hydrogens is 226 g/mol. The van der Waals surface area contributed by atoms with Crippen LogP contribution in [0, 0.1) is 0 Å². The van der Waals surface area contributed by atoms with E-state index in [1.54, 1.807) is 13.2 Å². The van der Waals surface area contributed by atoms with E-state index in [1.807, 2.05) is 0 Å². The summed E-state index contributed by atoms with van der Waals surface area (Å²) < 4.78 is 6.47. The van der Waals surface area contributed by atoms with Gasteiger partial charge in [-0.3, -0.25) is 9.48 Å². The molecule has 1 aromatic heterocycles. The fourth-order valence-corrected chi connectivity index (χ4v) is 1.39.